The number of anilines is 2. The SMILES string of the molecule is Cc1ccc(Br)cc1OCC(=O)N(C)c1ccc(N)cc1. The number of halogens is 1. The Labute approximate surface area is 132 Å². The lowest BCUT2D eigenvalue weighted by Crippen LogP contribution is -2.31. The monoisotopic (exact) mass is 348 g/mol. The minimum absolute atomic E-state index is 0.0157. The van der Waals surface area contributed by atoms with E-state index in [1.807, 2.05) is 25.1 Å². The molecule has 0 fully saturated rings. The van der Waals surface area contributed by atoms with Crippen molar-refractivity contribution in [1.29, 1.82) is 0 Å². The molecule has 110 valence electrons. The average molecular weight is 349 g/mol. The summed E-state index contributed by atoms with van der Waals surface area (Å²) in [6.07, 6.45) is 0. The molecule has 0 radical (unpaired) electrons. The summed E-state index contributed by atoms with van der Waals surface area (Å²) in [7, 11) is 1.71. The average Bonchev–Trinajstić information content (AvgIpc) is 2.48. The fourth-order valence-corrected chi connectivity index (χ4v) is 2.15. The largest absolute Gasteiger partial charge is 0.483 e. The van der Waals surface area contributed by atoms with Crippen molar-refractivity contribution >= 4 is 33.2 Å². The highest BCUT2D eigenvalue weighted by Crippen LogP contribution is 2.23. The lowest BCUT2D eigenvalue weighted by Gasteiger charge is -2.18. The lowest BCUT2D eigenvalue weighted by molar-refractivity contribution is -0.120. The molecule has 4 nitrogen and oxygen atoms in total. The number of benzene rings is 2. The Hall–Kier alpha value is -2.01. The van der Waals surface area contributed by atoms with Crippen LogP contribution in [0.4, 0.5) is 11.4 Å². The number of rotatable bonds is 4. The summed E-state index contributed by atoms with van der Waals surface area (Å²) < 4.78 is 6.52. The Morgan fingerprint density at radius 1 is 1.24 bits per heavy atom. The Bertz CT molecular complexity index is 641. The first-order valence-electron chi connectivity index (χ1n) is 6.48. The van der Waals surface area contributed by atoms with Crippen LogP contribution in [0, 0.1) is 6.92 Å². The number of aryl methyl sites for hydroxylation is 1. The number of nitrogens with zero attached hydrogens (tertiary/aromatic N) is 1. The second-order valence-electron chi connectivity index (χ2n) is 4.74. The van der Waals surface area contributed by atoms with Gasteiger partial charge in [0.25, 0.3) is 5.91 Å². The highest BCUT2D eigenvalue weighted by molar-refractivity contribution is 9.10. The van der Waals surface area contributed by atoms with Crippen molar-refractivity contribution in [2.24, 2.45) is 0 Å². The van der Waals surface area contributed by atoms with Gasteiger partial charge in [0.05, 0.1) is 0 Å². The predicted octanol–water partition coefficient (Wildman–Crippen LogP) is 3.38. The molecule has 0 spiro atoms. The summed E-state index contributed by atoms with van der Waals surface area (Å²) >= 11 is 3.39. The first kappa shape index (κ1) is 15.4. The van der Waals surface area contributed by atoms with E-state index in [1.54, 1.807) is 36.2 Å². The molecule has 0 unspecified atom stereocenters. The highest BCUT2D eigenvalue weighted by Gasteiger charge is 2.12. The summed E-state index contributed by atoms with van der Waals surface area (Å²) in [4.78, 5) is 13.7. The molecule has 1 amide bonds. The topological polar surface area (TPSA) is 55.6 Å². The summed E-state index contributed by atoms with van der Waals surface area (Å²) in [5, 5.41) is 0. The fourth-order valence-electron chi connectivity index (χ4n) is 1.81. The zero-order valence-electron chi connectivity index (χ0n) is 12.0. The van der Waals surface area contributed by atoms with E-state index >= 15 is 0 Å². The molecule has 0 heterocycles. The molecular formula is C16H17BrN2O2. The van der Waals surface area contributed by atoms with Gasteiger partial charge in [-0.2, -0.15) is 0 Å². The maximum Gasteiger partial charge on any atom is 0.264 e. The van der Waals surface area contributed by atoms with Gasteiger partial charge in [0.1, 0.15) is 5.75 Å². The summed E-state index contributed by atoms with van der Waals surface area (Å²) in [6, 6.07) is 12.9. The maximum absolute atomic E-state index is 12.2. The van der Waals surface area contributed by atoms with Crippen molar-refractivity contribution in [1.82, 2.24) is 0 Å². The third-order valence-corrected chi connectivity index (χ3v) is 3.65. The summed E-state index contributed by atoms with van der Waals surface area (Å²) in [5.41, 5.74) is 8.07. The molecule has 2 N–H and O–H groups in total. The molecule has 0 atom stereocenters. The van der Waals surface area contributed by atoms with E-state index in [4.69, 9.17) is 10.5 Å². The number of amides is 1. The first-order valence-corrected chi connectivity index (χ1v) is 7.27. The number of ether oxygens (including phenoxy) is 1. The zero-order chi connectivity index (χ0) is 15.4. The number of nitrogens with two attached hydrogens (primary N) is 1. The van der Waals surface area contributed by atoms with Gasteiger partial charge < -0.3 is 15.4 Å². The van der Waals surface area contributed by atoms with E-state index in [-0.39, 0.29) is 12.5 Å². The van der Waals surface area contributed by atoms with Crippen LogP contribution in [0.25, 0.3) is 0 Å². The number of hydrogen-bond acceptors (Lipinski definition) is 3. The van der Waals surface area contributed by atoms with Gasteiger partial charge in [-0.1, -0.05) is 22.0 Å². The van der Waals surface area contributed by atoms with Crippen molar-refractivity contribution in [2.75, 3.05) is 24.3 Å². The Morgan fingerprint density at radius 3 is 2.57 bits per heavy atom. The minimum Gasteiger partial charge on any atom is -0.483 e. The number of hydrogen-bond donors (Lipinski definition) is 1. The number of carbonyl (C=O) groups excluding carboxylic acids is 1. The molecule has 21 heavy (non-hydrogen) atoms. The van der Waals surface area contributed by atoms with Crippen molar-refractivity contribution in [3.63, 3.8) is 0 Å². The van der Waals surface area contributed by atoms with Crippen LogP contribution in [0.1, 0.15) is 5.56 Å². The van der Waals surface area contributed by atoms with E-state index in [1.165, 1.54) is 0 Å². The molecule has 2 aromatic carbocycles. The molecular weight excluding hydrogens is 332 g/mol. The molecule has 2 aromatic rings. The molecule has 5 heteroatoms. The smallest absolute Gasteiger partial charge is 0.264 e. The van der Waals surface area contributed by atoms with Gasteiger partial charge in [-0.05, 0) is 48.9 Å². The van der Waals surface area contributed by atoms with Crippen molar-refractivity contribution in [2.45, 2.75) is 6.92 Å². The van der Waals surface area contributed by atoms with Crippen LogP contribution in [-0.2, 0) is 4.79 Å². The van der Waals surface area contributed by atoms with Gasteiger partial charge in [-0.25, -0.2) is 0 Å². The molecule has 0 bridgehead atoms. The molecule has 0 aromatic heterocycles. The van der Waals surface area contributed by atoms with Crippen LogP contribution in [0.15, 0.2) is 46.9 Å². The molecule has 0 saturated heterocycles. The van der Waals surface area contributed by atoms with E-state index in [0.717, 1.165) is 15.7 Å². The molecule has 0 aliphatic heterocycles. The second kappa shape index (κ2) is 6.63. The fraction of sp³-hybridized carbons (Fsp3) is 0.188. The van der Waals surface area contributed by atoms with Crippen LogP contribution in [0.5, 0.6) is 5.75 Å². The zero-order valence-corrected chi connectivity index (χ0v) is 13.6. The minimum atomic E-state index is -0.126. The quantitative estimate of drug-likeness (QED) is 0.861. The van der Waals surface area contributed by atoms with Gasteiger partial charge in [-0.15, -0.1) is 0 Å². The predicted molar refractivity (Wildman–Crippen MR) is 88.6 cm³/mol. The third kappa shape index (κ3) is 3.98. The summed E-state index contributed by atoms with van der Waals surface area (Å²) in [5.74, 6) is 0.572. The normalized spacial score (nSPS) is 10.2. The molecule has 0 aliphatic carbocycles. The number of carbonyl (C=O) groups is 1. The van der Waals surface area contributed by atoms with E-state index in [2.05, 4.69) is 15.9 Å². The van der Waals surface area contributed by atoms with Gasteiger partial charge in [-0.3, -0.25) is 4.79 Å². The standard InChI is InChI=1S/C16H17BrN2O2/c1-11-3-4-12(17)9-15(11)21-10-16(20)19(2)14-7-5-13(18)6-8-14/h3-9H,10,18H2,1-2H3. The number of likely N-dealkylation sites (N-methyl/N-ethyl adjacent to an activating group) is 1. The maximum atomic E-state index is 12.2. The first-order chi connectivity index (χ1) is 9.97. The molecule has 2 rings (SSSR count). The Balaban J connectivity index is 2.01. The Kier molecular flexibility index (Phi) is 4.85. The van der Waals surface area contributed by atoms with Crippen LogP contribution in [-0.4, -0.2) is 19.6 Å². The number of nitrogen functional groups attached to an aromatic ring is 1. The lowest BCUT2D eigenvalue weighted by atomic mass is 10.2. The van der Waals surface area contributed by atoms with Crippen molar-refractivity contribution in [3.8, 4) is 5.75 Å². The molecule has 0 aliphatic rings. The van der Waals surface area contributed by atoms with Gasteiger partial charge in [0, 0.05) is 22.9 Å². The van der Waals surface area contributed by atoms with Crippen LogP contribution in [0.3, 0.4) is 0 Å². The van der Waals surface area contributed by atoms with E-state index in [9.17, 15) is 4.79 Å². The second-order valence-corrected chi connectivity index (χ2v) is 5.66. The van der Waals surface area contributed by atoms with Gasteiger partial charge >= 0.3 is 0 Å². The van der Waals surface area contributed by atoms with Crippen molar-refractivity contribution in [3.05, 3.63) is 52.5 Å². The van der Waals surface area contributed by atoms with E-state index in [0.29, 0.717) is 11.4 Å². The highest BCUT2D eigenvalue weighted by atomic mass is 79.9. The third-order valence-electron chi connectivity index (χ3n) is 3.16. The van der Waals surface area contributed by atoms with Crippen molar-refractivity contribution < 1.29 is 9.53 Å². The van der Waals surface area contributed by atoms with E-state index < -0.39 is 0 Å². The van der Waals surface area contributed by atoms with Gasteiger partial charge in [0.15, 0.2) is 6.61 Å². The van der Waals surface area contributed by atoms with Crippen LogP contribution >= 0.6 is 15.9 Å². The summed E-state index contributed by atoms with van der Waals surface area (Å²) in [6.45, 7) is 1.92. The van der Waals surface area contributed by atoms with Crippen LogP contribution < -0.4 is 15.4 Å². The molecule has 0 saturated carbocycles. The van der Waals surface area contributed by atoms with Gasteiger partial charge in [0.2, 0.25) is 0 Å². The Morgan fingerprint density at radius 2 is 1.90 bits per heavy atom. The van der Waals surface area contributed by atoms with Crippen LogP contribution in [0.2, 0.25) is 0 Å².